The first-order valence-electron chi connectivity index (χ1n) is 17.0. The molecule has 11 nitrogen and oxygen atoms in total. The van der Waals surface area contributed by atoms with Crippen LogP contribution >= 0.6 is 11.8 Å². The summed E-state index contributed by atoms with van der Waals surface area (Å²) in [5, 5.41) is 0. The number of esters is 2. The molecule has 276 valence electrons. The Hall–Kier alpha value is -3.33. The molecule has 2 aliphatic rings. The van der Waals surface area contributed by atoms with Crippen LogP contribution in [0.4, 0.5) is 0 Å². The Morgan fingerprint density at radius 2 is 1.25 bits per heavy atom. The van der Waals surface area contributed by atoms with Gasteiger partial charge in [0, 0.05) is 33.0 Å². The van der Waals surface area contributed by atoms with Crippen LogP contribution in [0.25, 0.3) is 0 Å². The van der Waals surface area contributed by atoms with E-state index < -0.39 is 72.5 Å². The Labute approximate surface area is 304 Å². The summed E-state index contributed by atoms with van der Waals surface area (Å²) in [6.45, 7) is 7.13. The number of aryl methyl sites for hydroxylation is 1. The molecule has 2 aliphatic heterocycles. The average Bonchev–Trinajstić information content (AvgIpc) is 3.11. The number of carbonyl (C=O) groups excluding carboxylic acids is 2. The zero-order valence-corrected chi connectivity index (χ0v) is 30.7. The van der Waals surface area contributed by atoms with Crippen molar-refractivity contribution in [3.8, 4) is 0 Å². The van der Waals surface area contributed by atoms with Crippen molar-refractivity contribution in [3.63, 3.8) is 0 Å². The molecule has 5 rings (SSSR count). The molecular weight excluding hydrogens is 676 g/mol. The van der Waals surface area contributed by atoms with Gasteiger partial charge in [0.05, 0.1) is 25.9 Å². The number of carbonyl (C=O) groups is 2. The number of ether oxygens (including phenoxy) is 9. The topological polar surface area (TPSA) is 117 Å². The van der Waals surface area contributed by atoms with E-state index in [9.17, 15) is 9.59 Å². The highest BCUT2D eigenvalue weighted by Crippen LogP contribution is 2.39. The number of rotatable bonds is 15. The molecule has 2 heterocycles. The Kier molecular flexibility index (Phi) is 14.5. The minimum Gasteiger partial charge on any atom is -0.456 e. The predicted molar refractivity (Wildman–Crippen MR) is 189 cm³/mol. The van der Waals surface area contributed by atoms with Crippen molar-refractivity contribution >= 4 is 23.7 Å². The molecule has 2 fully saturated rings. The lowest BCUT2D eigenvalue weighted by Crippen LogP contribution is -2.65. The molecule has 0 aliphatic carbocycles. The number of hydrogen-bond acceptors (Lipinski definition) is 12. The maximum Gasteiger partial charge on any atom is 0.303 e. The summed E-state index contributed by atoms with van der Waals surface area (Å²) in [4.78, 5) is 26.0. The second-order valence-corrected chi connectivity index (χ2v) is 13.8. The van der Waals surface area contributed by atoms with Gasteiger partial charge in [-0.2, -0.15) is 0 Å². The molecule has 10 atom stereocenters. The maximum atomic E-state index is 12.6. The van der Waals surface area contributed by atoms with Crippen LogP contribution in [0, 0.1) is 6.92 Å². The third-order valence-electron chi connectivity index (χ3n) is 8.66. The summed E-state index contributed by atoms with van der Waals surface area (Å²) < 4.78 is 56.3. The lowest BCUT2D eigenvalue weighted by Gasteiger charge is -2.49. The van der Waals surface area contributed by atoms with Gasteiger partial charge in [-0.1, -0.05) is 90.1 Å². The first-order valence-corrected chi connectivity index (χ1v) is 17.9. The van der Waals surface area contributed by atoms with Gasteiger partial charge in [-0.25, -0.2) is 0 Å². The largest absolute Gasteiger partial charge is 0.456 e. The van der Waals surface area contributed by atoms with Crippen molar-refractivity contribution in [2.45, 2.75) is 106 Å². The van der Waals surface area contributed by atoms with Crippen LogP contribution in [0.15, 0.2) is 89.8 Å². The normalized spacial score (nSPS) is 29.3. The van der Waals surface area contributed by atoms with Crippen LogP contribution in [-0.2, 0) is 65.4 Å². The maximum absolute atomic E-state index is 12.6. The van der Waals surface area contributed by atoms with E-state index >= 15 is 0 Å². The zero-order valence-electron chi connectivity index (χ0n) is 29.9. The highest BCUT2D eigenvalue weighted by atomic mass is 32.2. The lowest BCUT2D eigenvalue weighted by atomic mass is 9.96. The fourth-order valence-corrected chi connectivity index (χ4v) is 7.41. The molecule has 0 amide bonds. The van der Waals surface area contributed by atoms with E-state index in [0.29, 0.717) is 6.61 Å². The summed E-state index contributed by atoms with van der Waals surface area (Å²) in [7, 11) is 3.17. The van der Waals surface area contributed by atoms with Gasteiger partial charge in [-0.15, -0.1) is 0 Å². The van der Waals surface area contributed by atoms with E-state index in [1.54, 1.807) is 14.2 Å². The van der Waals surface area contributed by atoms with Crippen molar-refractivity contribution in [1.82, 2.24) is 0 Å². The van der Waals surface area contributed by atoms with Crippen LogP contribution in [0.5, 0.6) is 0 Å². The third kappa shape index (κ3) is 10.6. The molecule has 3 aromatic rings. The van der Waals surface area contributed by atoms with Crippen molar-refractivity contribution in [3.05, 3.63) is 102 Å². The van der Waals surface area contributed by atoms with Gasteiger partial charge < -0.3 is 42.6 Å². The molecule has 0 aromatic heterocycles. The molecule has 0 bridgehead atoms. The smallest absolute Gasteiger partial charge is 0.303 e. The third-order valence-corrected chi connectivity index (χ3v) is 9.82. The summed E-state index contributed by atoms with van der Waals surface area (Å²) in [5.74, 6) is -1.12. The highest BCUT2D eigenvalue weighted by molar-refractivity contribution is 7.99. The molecule has 3 aromatic carbocycles. The van der Waals surface area contributed by atoms with Crippen LogP contribution in [0.3, 0.4) is 0 Å². The first kappa shape index (κ1) is 38.9. The minimum absolute atomic E-state index is 0.167. The number of thioether (sulfide) groups is 1. The van der Waals surface area contributed by atoms with Crippen LogP contribution in [0.2, 0.25) is 0 Å². The van der Waals surface area contributed by atoms with Gasteiger partial charge in [0.15, 0.2) is 18.5 Å². The van der Waals surface area contributed by atoms with Gasteiger partial charge in [0.25, 0.3) is 0 Å². The fourth-order valence-electron chi connectivity index (χ4n) is 6.27. The molecule has 0 saturated carbocycles. The van der Waals surface area contributed by atoms with Gasteiger partial charge >= 0.3 is 11.9 Å². The number of hydrogen-bond donors (Lipinski definition) is 0. The van der Waals surface area contributed by atoms with E-state index in [1.165, 1.54) is 25.6 Å². The van der Waals surface area contributed by atoms with E-state index in [2.05, 4.69) is 0 Å². The quantitative estimate of drug-likeness (QED) is 0.181. The number of benzene rings is 3. The monoisotopic (exact) mass is 724 g/mol. The summed E-state index contributed by atoms with van der Waals surface area (Å²) in [6, 6.07) is 27.4. The van der Waals surface area contributed by atoms with Gasteiger partial charge in [0.1, 0.15) is 36.0 Å². The molecule has 0 N–H and O–H groups in total. The Morgan fingerprint density at radius 1 is 0.686 bits per heavy atom. The zero-order chi connectivity index (χ0) is 36.3. The Balaban J connectivity index is 1.46. The van der Waals surface area contributed by atoms with Crippen molar-refractivity contribution < 1.29 is 52.2 Å². The van der Waals surface area contributed by atoms with E-state index in [4.69, 9.17) is 42.6 Å². The van der Waals surface area contributed by atoms with Gasteiger partial charge in [-0.05, 0) is 37.1 Å². The van der Waals surface area contributed by atoms with Crippen LogP contribution in [-0.4, -0.2) is 93.3 Å². The first-order chi connectivity index (χ1) is 24.7. The summed E-state index contributed by atoms with van der Waals surface area (Å²) in [6.07, 6.45) is -7.44. The van der Waals surface area contributed by atoms with Crippen molar-refractivity contribution in [2.75, 3.05) is 20.8 Å². The molecule has 51 heavy (non-hydrogen) atoms. The average molecular weight is 725 g/mol. The van der Waals surface area contributed by atoms with Gasteiger partial charge in [0.2, 0.25) is 0 Å². The Morgan fingerprint density at radius 3 is 1.80 bits per heavy atom. The molecule has 0 unspecified atom stereocenters. The van der Waals surface area contributed by atoms with E-state index in [1.807, 2.05) is 98.8 Å². The summed E-state index contributed by atoms with van der Waals surface area (Å²) >= 11 is 1.37. The second kappa shape index (κ2) is 19.0. The Bertz CT molecular complexity index is 1510. The van der Waals surface area contributed by atoms with Crippen LogP contribution in [0.1, 0.15) is 37.5 Å². The predicted octanol–water partition coefficient (Wildman–Crippen LogP) is 5.64. The molecule has 12 heteroatoms. The standard InChI is InChI=1S/C39H48O11S/c1-24-17-19-30(20-18-24)51-39-37(48-27(4)41)35(47-26(3)40)32(25(2)46-39)50-38-36(45-22-29-15-11-8-12-16-29)34(43-6)33(31(49-38)23-42-5)44-21-28-13-9-7-10-14-28/h7-20,25,31-39H,21-23H2,1-6H3/t25-,31+,32-,33+,34-,35+,36+,37+,38-,39-/m0/s1. The summed E-state index contributed by atoms with van der Waals surface area (Å²) in [5.41, 5.74) is 2.31. The molecule has 0 spiro atoms. The van der Waals surface area contributed by atoms with E-state index in [0.717, 1.165) is 21.6 Å². The highest BCUT2D eigenvalue weighted by Gasteiger charge is 2.54. The van der Waals surface area contributed by atoms with Gasteiger partial charge in [-0.3, -0.25) is 9.59 Å². The molecule has 0 radical (unpaired) electrons. The fraction of sp³-hybridized carbons (Fsp3) is 0.487. The number of methoxy groups -OCH3 is 2. The SMILES string of the molecule is COC[C@H]1O[C@@H](O[C@@H]2[C@@H](OC(C)=O)[C@@H](OC(C)=O)[C@H](Sc3ccc(C)cc3)O[C@H]2C)[C@H](OCc2ccccc2)[C@@H](OC)[C@@H]1OCc1ccccc1. The van der Waals surface area contributed by atoms with Crippen molar-refractivity contribution in [1.29, 1.82) is 0 Å². The van der Waals surface area contributed by atoms with Crippen LogP contribution < -0.4 is 0 Å². The minimum atomic E-state index is -1.07. The lowest BCUT2D eigenvalue weighted by molar-refractivity contribution is -0.350. The molecule has 2 saturated heterocycles. The van der Waals surface area contributed by atoms with Crippen molar-refractivity contribution in [2.24, 2.45) is 0 Å². The van der Waals surface area contributed by atoms with E-state index in [-0.39, 0.29) is 13.2 Å². The second-order valence-electron chi connectivity index (χ2n) is 12.6. The molecular formula is C39H48O11S.